The van der Waals surface area contributed by atoms with Gasteiger partial charge in [0, 0.05) is 31.1 Å². The van der Waals surface area contributed by atoms with Gasteiger partial charge in [0.25, 0.3) is 0 Å². The van der Waals surface area contributed by atoms with Crippen LogP contribution < -0.4 is 23.8 Å². The Morgan fingerprint density at radius 3 is 2.34 bits per heavy atom. The van der Waals surface area contributed by atoms with Gasteiger partial charge in [0.1, 0.15) is 11.8 Å². The fraction of sp³-hybridized carbons (Fsp3) is 0.481. The van der Waals surface area contributed by atoms with E-state index in [1.807, 2.05) is 32.9 Å². The summed E-state index contributed by atoms with van der Waals surface area (Å²) in [5, 5.41) is 2.93. The van der Waals surface area contributed by atoms with E-state index in [1.54, 1.807) is 44.4 Å². The highest BCUT2D eigenvalue weighted by Crippen LogP contribution is 2.36. The predicted molar refractivity (Wildman–Crippen MR) is 145 cm³/mol. The van der Waals surface area contributed by atoms with E-state index in [-0.39, 0.29) is 44.5 Å². The molecule has 2 aromatic rings. The lowest BCUT2D eigenvalue weighted by Gasteiger charge is -2.32. The fourth-order valence-electron chi connectivity index (χ4n) is 4.03. The maximum Gasteiger partial charge on any atom is 0.242 e. The van der Waals surface area contributed by atoms with Crippen LogP contribution in [0.3, 0.4) is 0 Å². The minimum atomic E-state index is -3.62. The molecule has 1 aliphatic rings. The van der Waals surface area contributed by atoms with Gasteiger partial charge in [-0.2, -0.15) is 0 Å². The number of methoxy groups -OCH3 is 1. The van der Waals surface area contributed by atoms with Crippen molar-refractivity contribution in [2.45, 2.75) is 58.7 Å². The Hall–Kier alpha value is -3.47. The second kappa shape index (κ2) is 11.9. The van der Waals surface area contributed by atoms with Gasteiger partial charge in [-0.1, -0.05) is 12.1 Å². The third-order valence-electron chi connectivity index (χ3n) is 5.97. The molecule has 2 amide bonds. The first kappa shape index (κ1) is 29.1. The third kappa shape index (κ3) is 7.77. The molecule has 3 rings (SSSR count). The summed E-state index contributed by atoms with van der Waals surface area (Å²) in [5.41, 5.74) is 0.811. The van der Waals surface area contributed by atoms with E-state index in [2.05, 4.69) is 5.32 Å². The zero-order chi connectivity index (χ0) is 28.1. The minimum absolute atomic E-state index is 0.0554. The third-order valence-corrected chi connectivity index (χ3v) is 7.17. The molecule has 0 aliphatic carbocycles. The Bertz CT molecular complexity index is 1240. The molecular weight excluding hydrogens is 510 g/mol. The fourth-order valence-corrected chi connectivity index (χ4v) is 4.99. The molecule has 208 valence electrons. The van der Waals surface area contributed by atoms with Crippen molar-refractivity contribution < 1.29 is 32.2 Å². The van der Waals surface area contributed by atoms with Crippen molar-refractivity contribution in [2.75, 3.05) is 31.0 Å². The van der Waals surface area contributed by atoms with Gasteiger partial charge in [-0.3, -0.25) is 13.9 Å². The number of amides is 2. The van der Waals surface area contributed by atoms with Crippen molar-refractivity contribution in [2.24, 2.45) is 0 Å². The van der Waals surface area contributed by atoms with E-state index in [9.17, 15) is 18.0 Å². The van der Waals surface area contributed by atoms with E-state index in [1.165, 1.54) is 9.21 Å². The number of hydrogen-bond acceptors (Lipinski definition) is 7. The number of fused-ring (bicyclic) bond motifs is 1. The van der Waals surface area contributed by atoms with E-state index in [0.29, 0.717) is 22.9 Å². The molecule has 0 spiro atoms. The van der Waals surface area contributed by atoms with Crippen LogP contribution in [0.2, 0.25) is 0 Å². The number of sulfonamides is 1. The van der Waals surface area contributed by atoms with Crippen LogP contribution in [0.25, 0.3) is 0 Å². The summed E-state index contributed by atoms with van der Waals surface area (Å²) in [4.78, 5) is 27.9. The zero-order valence-electron chi connectivity index (χ0n) is 22.8. The molecule has 0 bridgehead atoms. The molecule has 1 atom stereocenters. The van der Waals surface area contributed by atoms with E-state index >= 15 is 0 Å². The van der Waals surface area contributed by atoms with E-state index < -0.39 is 21.6 Å². The molecule has 2 aromatic carbocycles. The smallest absolute Gasteiger partial charge is 0.242 e. The molecule has 0 fully saturated rings. The van der Waals surface area contributed by atoms with E-state index in [4.69, 9.17) is 14.2 Å². The van der Waals surface area contributed by atoms with Gasteiger partial charge in [0.15, 0.2) is 11.5 Å². The Morgan fingerprint density at radius 2 is 1.74 bits per heavy atom. The Balaban J connectivity index is 1.74. The largest absolute Gasteiger partial charge is 0.497 e. The van der Waals surface area contributed by atoms with Crippen LogP contribution in [0, 0.1) is 0 Å². The molecule has 1 heterocycles. The maximum atomic E-state index is 13.4. The summed E-state index contributed by atoms with van der Waals surface area (Å²) in [6, 6.07) is 11.5. The average molecular weight is 548 g/mol. The number of carbonyl (C=O) groups excluding carboxylic acids is 2. The van der Waals surface area contributed by atoms with Gasteiger partial charge in [-0.05, 0) is 63.9 Å². The highest BCUT2D eigenvalue weighted by atomic mass is 32.2. The molecule has 0 aromatic heterocycles. The summed E-state index contributed by atoms with van der Waals surface area (Å²) in [6.07, 6.45) is 1.43. The van der Waals surface area contributed by atoms with Crippen LogP contribution in [0.1, 0.15) is 46.1 Å². The van der Waals surface area contributed by atoms with Crippen molar-refractivity contribution in [3.05, 3.63) is 48.0 Å². The quantitative estimate of drug-likeness (QED) is 0.459. The van der Waals surface area contributed by atoms with Gasteiger partial charge < -0.3 is 24.4 Å². The normalized spacial score (nSPS) is 13.5. The molecule has 38 heavy (non-hydrogen) atoms. The zero-order valence-corrected chi connectivity index (χ0v) is 23.6. The van der Waals surface area contributed by atoms with E-state index in [0.717, 1.165) is 11.8 Å². The first-order chi connectivity index (χ1) is 17.8. The standard InChI is InChI=1S/C27H37N3O7S/c1-19(26(32)28-27(2,3)4)29(17-20-9-12-22(35-5)13-10-20)25(31)8-7-15-30(38(6,33)34)21-11-14-23-24(16-21)37-18-36-23/h9-14,16,19H,7-8,15,17-18H2,1-6H3,(H,28,32)/t19-/m1/s1. The number of nitrogens with one attached hydrogen (secondary N) is 1. The van der Waals surface area contributed by atoms with Crippen LogP contribution in [0.5, 0.6) is 17.2 Å². The monoisotopic (exact) mass is 547 g/mol. The lowest BCUT2D eigenvalue weighted by molar-refractivity contribution is -0.141. The second-order valence-corrected chi connectivity index (χ2v) is 12.2. The highest BCUT2D eigenvalue weighted by molar-refractivity contribution is 7.92. The number of carbonyl (C=O) groups is 2. The summed E-state index contributed by atoms with van der Waals surface area (Å²) < 4.78 is 42.3. The Labute approximate surface area is 224 Å². The van der Waals surface area contributed by atoms with Gasteiger partial charge in [0.05, 0.1) is 19.1 Å². The van der Waals surface area contributed by atoms with Gasteiger partial charge in [-0.25, -0.2) is 8.42 Å². The number of hydrogen-bond donors (Lipinski definition) is 1. The summed E-state index contributed by atoms with van der Waals surface area (Å²) in [5.74, 6) is 1.19. The first-order valence-electron chi connectivity index (χ1n) is 12.4. The predicted octanol–water partition coefficient (Wildman–Crippen LogP) is 3.30. The second-order valence-electron chi connectivity index (χ2n) is 10.3. The Morgan fingerprint density at radius 1 is 1.08 bits per heavy atom. The molecule has 0 saturated carbocycles. The highest BCUT2D eigenvalue weighted by Gasteiger charge is 2.29. The van der Waals surface area contributed by atoms with Crippen LogP contribution >= 0.6 is 0 Å². The van der Waals surface area contributed by atoms with Crippen molar-refractivity contribution in [3.8, 4) is 17.2 Å². The first-order valence-corrected chi connectivity index (χ1v) is 14.2. The number of nitrogens with zero attached hydrogens (tertiary/aromatic N) is 2. The number of anilines is 1. The number of ether oxygens (including phenoxy) is 3. The summed E-state index contributed by atoms with van der Waals surface area (Å²) >= 11 is 0. The lowest BCUT2D eigenvalue weighted by Crippen LogP contribution is -2.52. The molecule has 0 radical (unpaired) electrons. The average Bonchev–Trinajstić information content (AvgIpc) is 3.31. The molecule has 1 aliphatic heterocycles. The molecule has 0 unspecified atom stereocenters. The maximum absolute atomic E-state index is 13.4. The SMILES string of the molecule is COc1ccc(CN(C(=O)CCCN(c2ccc3c(c2)OCO3)S(C)(=O)=O)[C@H](C)C(=O)NC(C)(C)C)cc1. The molecule has 11 heteroatoms. The molecular formula is C27H37N3O7S. The topological polar surface area (TPSA) is 114 Å². The summed E-state index contributed by atoms with van der Waals surface area (Å²) in [7, 11) is -2.05. The molecule has 10 nitrogen and oxygen atoms in total. The van der Waals surface area contributed by atoms with Crippen molar-refractivity contribution >= 4 is 27.5 Å². The minimum Gasteiger partial charge on any atom is -0.497 e. The van der Waals surface area contributed by atoms with Crippen LogP contribution in [0.4, 0.5) is 5.69 Å². The molecule has 0 saturated heterocycles. The van der Waals surface area contributed by atoms with Gasteiger partial charge in [-0.15, -0.1) is 0 Å². The number of benzene rings is 2. The Kier molecular flexibility index (Phi) is 9.14. The van der Waals surface area contributed by atoms with Gasteiger partial charge in [0.2, 0.25) is 28.6 Å². The van der Waals surface area contributed by atoms with Gasteiger partial charge >= 0.3 is 0 Å². The van der Waals surface area contributed by atoms with Crippen molar-refractivity contribution in [1.29, 1.82) is 0 Å². The van der Waals surface area contributed by atoms with Crippen molar-refractivity contribution in [3.63, 3.8) is 0 Å². The number of rotatable bonds is 11. The van der Waals surface area contributed by atoms with Crippen LogP contribution in [-0.4, -0.2) is 63.4 Å². The molecule has 1 N–H and O–H groups in total. The lowest BCUT2D eigenvalue weighted by atomic mass is 10.1. The van der Waals surface area contributed by atoms with Crippen LogP contribution in [-0.2, 0) is 26.2 Å². The van der Waals surface area contributed by atoms with Crippen molar-refractivity contribution in [1.82, 2.24) is 10.2 Å². The summed E-state index contributed by atoms with van der Waals surface area (Å²) in [6.45, 7) is 7.72. The van der Waals surface area contributed by atoms with Crippen LogP contribution in [0.15, 0.2) is 42.5 Å².